The van der Waals surface area contributed by atoms with E-state index in [0.29, 0.717) is 12.8 Å². The molecule has 7 heteroatoms. The molecule has 1 aliphatic carbocycles. The number of fused-ring (bicyclic) bond motifs is 1. The Morgan fingerprint density at radius 2 is 1.74 bits per heavy atom. The Balaban J connectivity index is 0.00000158. The van der Waals surface area contributed by atoms with Gasteiger partial charge >= 0.3 is 0 Å². The summed E-state index contributed by atoms with van der Waals surface area (Å²) in [6, 6.07) is 12.5. The number of methoxy groups -OCH3 is 1. The summed E-state index contributed by atoms with van der Waals surface area (Å²) in [5, 5.41) is 16.8. The zero-order valence-corrected chi connectivity index (χ0v) is 20.8. The zero-order valence-electron chi connectivity index (χ0n) is 20.8. The van der Waals surface area contributed by atoms with Crippen LogP contribution in [-0.4, -0.2) is 61.1 Å². The van der Waals surface area contributed by atoms with Crippen molar-refractivity contribution in [3.8, 4) is 5.75 Å². The van der Waals surface area contributed by atoms with Gasteiger partial charge in [0.2, 0.25) is 0 Å². The van der Waals surface area contributed by atoms with Crippen LogP contribution in [0.15, 0.2) is 41.6 Å². The summed E-state index contributed by atoms with van der Waals surface area (Å²) >= 11 is 0. The predicted octanol–water partition coefficient (Wildman–Crippen LogP) is 5.88. The molecule has 5 nitrogen and oxygen atoms in total. The van der Waals surface area contributed by atoms with Crippen molar-refractivity contribution in [2.45, 2.75) is 70.4 Å². The first-order valence-electron chi connectivity index (χ1n) is 12.4. The first-order valence-corrected chi connectivity index (χ1v) is 12.4. The van der Waals surface area contributed by atoms with E-state index in [-0.39, 0.29) is 24.8 Å². The van der Waals surface area contributed by atoms with Gasteiger partial charge in [0.15, 0.2) is 0 Å². The fourth-order valence-electron chi connectivity index (χ4n) is 5.22. The fourth-order valence-corrected chi connectivity index (χ4v) is 5.22. The minimum atomic E-state index is -2.68. The molecular weight excluding hydrogens is 438 g/mol. The number of hydrogen-bond acceptors (Lipinski definition) is 5. The molecule has 0 aromatic heterocycles. The van der Waals surface area contributed by atoms with Crippen molar-refractivity contribution < 1.29 is 23.5 Å². The lowest BCUT2D eigenvalue weighted by Gasteiger charge is -2.43. The molecule has 0 amide bonds. The van der Waals surface area contributed by atoms with Crippen LogP contribution in [0.4, 0.5) is 8.78 Å². The third-order valence-corrected chi connectivity index (χ3v) is 7.12. The molecule has 1 aliphatic heterocycles. The van der Waals surface area contributed by atoms with Crippen molar-refractivity contribution in [3.05, 3.63) is 42.0 Å². The van der Waals surface area contributed by atoms with Gasteiger partial charge in [0, 0.05) is 24.1 Å². The van der Waals surface area contributed by atoms with E-state index in [9.17, 15) is 13.9 Å². The summed E-state index contributed by atoms with van der Waals surface area (Å²) in [7, 11) is 3.23. The smallest absolute Gasteiger partial charge is 0.266 e. The minimum absolute atomic E-state index is 0.156. The number of hydrogen-bond donors (Lipinski definition) is 1. The largest absolute Gasteiger partial charge is 0.497 e. The monoisotopic (exact) mass is 476 g/mol. The molecule has 0 bridgehead atoms. The van der Waals surface area contributed by atoms with Crippen molar-refractivity contribution in [1.82, 2.24) is 4.90 Å². The number of aliphatic hydroxyl groups is 1. The van der Waals surface area contributed by atoms with Crippen LogP contribution in [-0.2, 0) is 4.84 Å². The van der Waals surface area contributed by atoms with Gasteiger partial charge in [-0.3, -0.25) is 4.90 Å². The second-order valence-electron chi connectivity index (χ2n) is 9.06. The molecule has 2 aromatic carbocycles. The summed E-state index contributed by atoms with van der Waals surface area (Å²) in [6.07, 6.45) is 0.865. The number of rotatable bonds is 6. The van der Waals surface area contributed by atoms with E-state index in [4.69, 9.17) is 9.57 Å². The second-order valence-corrected chi connectivity index (χ2v) is 9.06. The van der Waals surface area contributed by atoms with Crippen LogP contribution in [0.25, 0.3) is 10.8 Å². The Morgan fingerprint density at radius 3 is 2.38 bits per heavy atom. The van der Waals surface area contributed by atoms with Gasteiger partial charge in [0.25, 0.3) is 6.43 Å². The van der Waals surface area contributed by atoms with Gasteiger partial charge in [-0.05, 0) is 74.0 Å². The molecule has 34 heavy (non-hydrogen) atoms. The standard InChI is InChI=1S/C25H32F2N2O3.C2H6/c1-31-22-8-7-17-14-19(6-5-18(17)15-22)23(28-32-2)20-4-3-13-29(16-20)21-9-11-25(30,12-10-21)24(26)27;1-2/h5-8,14-15,20-21,24,30H,3-4,9-13,16H2,1-2H3;1-2H3/b28-23-;. The highest BCUT2D eigenvalue weighted by molar-refractivity contribution is 6.04. The second kappa shape index (κ2) is 11.9. The molecule has 1 atom stereocenters. The van der Waals surface area contributed by atoms with Gasteiger partial charge in [-0.2, -0.15) is 0 Å². The van der Waals surface area contributed by atoms with E-state index in [1.54, 1.807) is 14.2 Å². The number of benzene rings is 2. The maximum absolute atomic E-state index is 13.2. The lowest BCUT2D eigenvalue weighted by molar-refractivity contribution is -0.126. The van der Waals surface area contributed by atoms with E-state index >= 15 is 0 Å². The topological polar surface area (TPSA) is 54.3 Å². The molecule has 1 N–H and O–H groups in total. The van der Waals surface area contributed by atoms with Crippen LogP contribution in [0.5, 0.6) is 5.75 Å². The molecule has 1 heterocycles. The van der Waals surface area contributed by atoms with E-state index in [1.807, 2.05) is 32.0 Å². The highest BCUT2D eigenvalue weighted by atomic mass is 19.3. The Labute approximate surface area is 201 Å². The van der Waals surface area contributed by atoms with Crippen LogP contribution in [0.2, 0.25) is 0 Å². The molecule has 0 radical (unpaired) electrons. The summed E-state index contributed by atoms with van der Waals surface area (Å²) < 4.78 is 31.7. The van der Waals surface area contributed by atoms with E-state index in [0.717, 1.165) is 53.7 Å². The third kappa shape index (κ3) is 5.87. The van der Waals surface area contributed by atoms with Crippen molar-refractivity contribution in [2.75, 3.05) is 27.3 Å². The van der Waals surface area contributed by atoms with Crippen molar-refractivity contribution in [3.63, 3.8) is 0 Å². The van der Waals surface area contributed by atoms with E-state index in [2.05, 4.69) is 28.3 Å². The number of halogens is 2. The van der Waals surface area contributed by atoms with Gasteiger partial charge in [-0.1, -0.05) is 37.2 Å². The van der Waals surface area contributed by atoms with Crippen LogP contribution < -0.4 is 4.74 Å². The number of oxime groups is 1. The Bertz CT molecular complexity index is 958. The molecule has 4 rings (SSSR count). The number of likely N-dealkylation sites (tertiary alicyclic amines) is 1. The van der Waals surface area contributed by atoms with Gasteiger partial charge in [0.1, 0.15) is 18.5 Å². The normalized spacial score (nSPS) is 26.2. The molecule has 2 aromatic rings. The Hall–Kier alpha value is -2.25. The highest BCUT2D eigenvalue weighted by Crippen LogP contribution is 2.37. The number of ether oxygens (including phenoxy) is 1. The van der Waals surface area contributed by atoms with Gasteiger partial charge < -0.3 is 14.7 Å². The summed E-state index contributed by atoms with van der Waals surface area (Å²) in [4.78, 5) is 7.63. The Morgan fingerprint density at radius 1 is 1.06 bits per heavy atom. The van der Waals surface area contributed by atoms with E-state index < -0.39 is 12.0 Å². The third-order valence-electron chi connectivity index (χ3n) is 7.12. The molecule has 1 saturated carbocycles. The maximum atomic E-state index is 13.2. The molecule has 188 valence electrons. The van der Waals surface area contributed by atoms with Crippen LogP contribution in [0.3, 0.4) is 0 Å². The average molecular weight is 477 g/mol. The first-order chi connectivity index (χ1) is 16.4. The molecule has 1 saturated heterocycles. The zero-order chi connectivity index (χ0) is 24.7. The molecule has 1 unspecified atom stereocenters. The molecule has 0 spiro atoms. The molecular formula is C27H38F2N2O3. The molecule has 2 fully saturated rings. The quantitative estimate of drug-likeness (QED) is 0.418. The lowest BCUT2D eigenvalue weighted by Crippen LogP contribution is -2.50. The van der Waals surface area contributed by atoms with Crippen LogP contribution >= 0.6 is 0 Å². The van der Waals surface area contributed by atoms with Crippen molar-refractivity contribution in [2.24, 2.45) is 11.1 Å². The SMILES string of the molecule is CC.CO/N=C(/c1ccc2cc(OC)ccc2c1)C1CCCN(C2CCC(O)(C(F)F)CC2)C1. The van der Waals surface area contributed by atoms with Crippen LogP contribution in [0, 0.1) is 5.92 Å². The minimum Gasteiger partial charge on any atom is -0.497 e. The van der Waals surface area contributed by atoms with Crippen molar-refractivity contribution in [1.29, 1.82) is 0 Å². The van der Waals surface area contributed by atoms with Crippen molar-refractivity contribution >= 4 is 16.5 Å². The van der Waals surface area contributed by atoms with Gasteiger partial charge in [-0.25, -0.2) is 8.78 Å². The summed E-state index contributed by atoms with van der Waals surface area (Å²) in [6.45, 7) is 5.77. The lowest BCUT2D eigenvalue weighted by atomic mass is 9.80. The first kappa shape index (κ1) is 26.4. The number of alkyl halides is 2. The van der Waals surface area contributed by atoms with Crippen LogP contribution in [0.1, 0.15) is 57.9 Å². The Kier molecular flexibility index (Phi) is 9.25. The number of piperidine rings is 1. The maximum Gasteiger partial charge on any atom is 0.266 e. The highest BCUT2D eigenvalue weighted by Gasteiger charge is 2.43. The summed E-state index contributed by atoms with van der Waals surface area (Å²) in [5.41, 5.74) is 0.143. The number of nitrogens with zero attached hydrogens (tertiary/aromatic N) is 2. The van der Waals surface area contributed by atoms with Gasteiger partial charge in [-0.15, -0.1) is 0 Å². The summed E-state index contributed by atoms with van der Waals surface area (Å²) in [5.74, 6) is 1.03. The predicted molar refractivity (Wildman–Crippen MR) is 133 cm³/mol. The van der Waals surface area contributed by atoms with E-state index in [1.165, 1.54) is 0 Å². The average Bonchev–Trinajstić information content (AvgIpc) is 2.88. The molecule has 2 aliphatic rings. The van der Waals surface area contributed by atoms with Gasteiger partial charge in [0.05, 0.1) is 12.8 Å². The fraction of sp³-hybridized carbons (Fsp3) is 0.593.